The summed E-state index contributed by atoms with van der Waals surface area (Å²) in [6.07, 6.45) is 0.595. The molecule has 4 nitrogen and oxygen atoms in total. The molecule has 5 heteroatoms. The van der Waals surface area contributed by atoms with Crippen LogP contribution in [-0.4, -0.2) is 29.9 Å². The lowest BCUT2D eigenvalue weighted by Gasteiger charge is -2.22. The third-order valence-corrected chi connectivity index (χ3v) is 4.23. The van der Waals surface area contributed by atoms with Crippen LogP contribution >= 0.6 is 0 Å². The molecule has 2 rings (SSSR count). The van der Waals surface area contributed by atoms with Gasteiger partial charge in [-0.25, -0.2) is 4.39 Å². The fourth-order valence-corrected chi connectivity index (χ4v) is 2.78. The number of amides is 1. The minimum absolute atomic E-state index is 0.278. The van der Waals surface area contributed by atoms with Gasteiger partial charge in [0.25, 0.3) is 5.91 Å². The van der Waals surface area contributed by atoms with Crippen LogP contribution in [0.4, 0.5) is 4.39 Å². The second-order valence-corrected chi connectivity index (χ2v) is 6.02. The van der Waals surface area contributed by atoms with Gasteiger partial charge in [0, 0.05) is 13.1 Å². The first kappa shape index (κ1) is 19.6. The van der Waals surface area contributed by atoms with Crippen molar-refractivity contribution in [1.82, 2.24) is 4.90 Å². The van der Waals surface area contributed by atoms with Gasteiger partial charge in [-0.15, -0.1) is 0 Å². The molecule has 0 N–H and O–H groups in total. The van der Waals surface area contributed by atoms with E-state index < -0.39 is 5.97 Å². The number of hydrogen-bond donors (Lipinski definition) is 0. The van der Waals surface area contributed by atoms with Crippen molar-refractivity contribution in [3.05, 3.63) is 71.5 Å². The van der Waals surface area contributed by atoms with Gasteiger partial charge in [0.15, 0.2) is 6.61 Å². The predicted octanol–water partition coefficient (Wildman–Crippen LogP) is 3.91. The zero-order chi connectivity index (χ0) is 18.9. The molecular weight excluding hydrogens is 333 g/mol. The van der Waals surface area contributed by atoms with Gasteiger partial charge < -0.3 is 9.64 Å². The van der Waals surface area contributed by atoms with Crippen LogP contribution in [-0.2, 0) is 20.9 Å². The summed E-state index contributed by atoms with van der Waals surface area (Å²) in [6, 6.07) is 15.5. The van der Waals surface area contributed by atoms with Crippen LogP contribution in [0.15, 0.2) is 54.6 Å². The maximum absolute atomic E-state index is 13.3. The lowest BCUT2D eigenvalue weighted by atomic mass is 9.97. The summed E-state index contributed by atoms with van der Waals surface area (Å²) < 4.78 is 18.5. The Labute approximate surface area is 153 Å². The third-order valence-electron chi connectivity index (χ3n) is 4.23. The van der Waals surface area contributed by atoms with Crippen molar-refractivity contribution in [2.75, 3.05) is 13.2 Å². The summed E-state index contributed by atoms with van der Waals surface area (Å²) in [5, 5.41) is 0. The van der Waals surface area contributed by atoms with Crippen molar-refractivity contribution in [2.45, 2.75) is 32.7 Å². The van der Waals surface area contributed by atoms with E-state index in [0.29, 0.717) is 18.5 Å². The molecule has 0 saturated heterocycles. The van der Waals surface area contributed by atoms with E-state index in [1.165, 1.54) is 17.0 Å². The van der Waals surface area contributed by atoms with E-state index >= 15 is 0 Å². The van der Waals surface area contributed by atoms with Crippen LogP contribution in [0.3, 0.4) is 0 Å². The van der Waals surface area contributed by atoms with E-state index in [1.54, 1.807) is 12.1 Å². The summed E-state index contributed by atoms with van der Waals surface area (Å²) in [6.45, 7) is 4.15. The van der Waals surface area contributed by atoms with Crippen molar-refractivity contribution in [2.24, 2.45) is 0 Å². The standard InChI is InChI=1S/C21H24FNO3/c1-3-19(17-10-6-5-7-11-17)21(25)26-15-20(24)23(4-2)14-16-9-8-12-18(22)13-16/h5-13,19H,3-4,14-15H2,1-2H3. The predicted molar refractivity (Wildman–Crippen MR) is 97.9 cm³/mol. The normalized spacial score (nSPS) is 11.7. The Hall–Kier alpha value is -2.69. The zero-order valence-electron chi connectivity index (χ0n) is 15.2. The number of carbonyl (C=O) groups is 2. The summed E-state index contributed by atoms with van der Waals surface area (Å²) in [5.74, 6) is -1.43. The van der Waals surface area contributed by atoms with Gasteiger partial charge in [0.05, 0.1) is 5.92 Å². The molecule has 1 atom stereocenters. The highest BCUT2D eigenvalue weighted by atomic mass is 19.1. The van der Waals surface area contributed by atoms with E-state index in [9.17, 15) is 14.0 Å². The van der Waals surface area contributed by atoms with Crippen LogP contribution in [0.2, 0.25) is 0 Å². The van der Waals surface area contributed by atoms with Crippen molar-refractivity contribution >= 4 is 11.9 Å². The number of rotatable bonds is 8. The molecule has 138 valence electrons. The average Bonchev–Trinajstić information content (AvgIpc) is 2.65. The molecular formula is C21H24FNO3. The Balaban J connectivity index is 1.94. The van der Waals surface area contributed by atoms with Gasteiger partial charge in [0.2, 0.25) is 0 Å². The van der Waals surface area contributed by atoms with E-state index in [4.69, 9.17) is 4.74 Å². The largest absolute Gasteiger partial charge is 0.455 e. The molecule has 0 aromatic heterocycles. The van der Waals surface area contributed by atoms with Crippen molar-refractivity contribution in [1.29, 1.82) is 0 Å². The van der Waals surface area contributed by atoms with Gasteiger partial charge in [-0.05, 0) is 36.6 Å². The number of halogens is 1. The third kappa shape index (κ3) is 5.41. The van der Waals surface area contributed by atoms with Gasteiger partial charge >= 0.3 is 5.97 Å². The Morgan fingerprint density at radius 1 is 1.08 bits per heavy atom. The van der Waals surface area contributed by atoms with Crippen LogP contribution in [0.1, 0.15) is 37.3 Å². The van der Waals surface area contributed by atoms with Crippen LogP contribution in [0.5, 0.6) is 0 Å². The molecule has 0 radical (unpaired) electrons. The molecule has 2 aromatic rings. The Morgan fingerprint density at radius 2 is 1.81 bits per heavy atom. The number of ether oxygens (including phenoxy) is 1. The summed E-state index contributed by atoms with van der Waals surface area (Å²) in [5.41, 5.74) is 1.57. The van der Waals surface area contributed by atoms with Crippen molar-refractivity contribution < 1.29 is 18.7 Å². The van der Waals surface area contributed by atoms with E-state index in [-0.39, 0.29) is 30.8 Å². The first-order valence-electron chi connectivity index (χ1n) is 8.79. The van der Waals surface area contributed by atoms with Crippen molar-refractivity contribution in [3.63, 3.8) is 0 Å². The molecule has 0 bridgehead atoms. The van der Waals surface area contributed by atoms with Gasteiger partial charge in [-0.3, -0.25) is 9.59 Å². The van der Waals surface area contributed by atoms with Gasteiger partial charge in [-0.1, -0.05) is 49.4 Å². The first-order valence-corrected chi connectivity index (χ1v) is 8.79. The highest BCUT2D eigenvalue weighted by Gasteiger charge is 2.22. The molecule has 0 aliphatic heterocycles. The smallest absolute Gasteiger partial charge is 0.313 e. The maximum atomic E-state index is 13.3. The van der Waals surface area contributed by atoms with E-state index in [1.807, 2.05) is 44.2 Å². The summed E-state index contributed by atoms with van der Waals surface area (Å²) in [4.78, 5) is 26.3. The van der Waals surface area contributed by atoms with Crippen molar-refractivity contribution in [3.8, 4) is 0 Å². The minimum Gasteiger partial charge on any atom is -0.455 e. The SMILES string of the molecule is CCC(C(=O)OCC(=O)N(CC)Cc1cccc(F)c1)c1ccccc1. The molecule has 0 saturated carbocycles. The maximum Gasteiger partial charge on any atom is 0.313 e. The Kier molecular flexibility index (Phi) is 7.33. The lowest BCUT2D eigenvalue weighted by Crippen LogP contribution is -2.34. The number of benzene rings is 2. The monoisotopic (exact) mass is 357 g/mol. The topological polar surface area (TPSA) is 46.6 Å². The fourth-order valence-electron chi connectivity index (χ4n) is 2.78. The Morgan fingerprint density at radius 3 is 2.42 bits per heavy atom. The highest BCUT2D eigenvalue weighted by Crippen LogP contribution is 2.20. The molecule has 2 aromatic carbocycles. The van der Waals surface area contributed by atoms with Crippen LogP contribution in [0, 0.1) is 5.82 Å². The molecule has 0 heterocycles. The van der Waals surface area contributed by atoms with Crippen LogP contribution < -0.4 is 0 Å². The minimum atomic E-state index is -0.408. The second kappa shape index (κ2) is 9.70. The molecule has 0 aliphatic rings. The van der Waals surface area contributed by atoms with E-state index in [2.05, 4.69) is 0 Å². The molecule has 1 amide bonds. The highest BCUT2D eigenvalue weighted by molar-refractivity contribution is 5.83. The zero-order valence-corrected chi connectivity index (χ0v) is 15.2. The fraction of sp³-hybridized carbons (Fsp3) is 0.333. The molecule has 0 spiro atoms. The number of likely N-dealkylation sites (N-methyl/N-ethyl adjacent to an activating group) is 1. The van der Waals surface area contributed by atoms with E-state index in [0.717, 1.165) is 5.56 Å². The first-order chi connectivity index (χ1) is 12.5. The summed E-state index contributed by atoms with van der Waals surface area (Å²) in [7, 11) is 0. The molecule has 1 unspecified atom stereocenters. The molecule has 26 heavy (non-hydrogen) atoms. The lowest BCUT2D eigenvalue weighted by molar-refractivity contribution is -0.153. The average molecular weight is 357 g/mol. The molecule has 0 fully saturated rings. The summed E-state index contributed by atoms with van der Waals surface area (Å²) >= 11 is 0. The molecule has 0 aliphatic carbocycles. The Bertz CT molecular complexity index is 733. The number of nitrogens with zero attached hydrogens (tertiary/aromatic N) is 1. The van der Waals surface area contributed by atoms with Crippen LogP contribution in [0.25, 0.3) is 0 Å². The second-order valence-electron chi connectivity index (χ2n) is 6.02. The number of hydrogen-bond acceptors (Lipinski definition) is 3. The van der Waals surface area contributed by atoms with Gasteiger partial charge in [-0.2, -0.15) is 0 Å². The quantitative estimate of drug-likeness (QED) is 0.673. The van der Waals surface area contributed by atoms with Gasteiger partial charge in [0.1, 0.15) is 5.82 Å². The number of carbonyl (C=O) groups excluding carboxylic acids is 2. The number of esters is 1.